The Hall–Kier alpha value is -1.00. The maximum Gasteiger partial charge on any atom is 0.157 e. The lowest BCUT2D eigenvalue weighted by atomic mass is 10.1. The van der Waals surface area contributed by atoms with Crippen molar-refractivity contribution < 1.29 is 4.74 Å². The van der Waals surface area contributed by atoms with Crippen LogP contribution in [0.15, 0.2) is 35.3 Å². The number of hydrogen-bond donors (Lipinski definition) is 1. The lowest BCUT2D eigenvalue weighted by Crippen LogP contribution is -2.33. The standard InChI is InChI=1S/C14H20N2OS/c1-11(9-17-2)15-14-16-13(10-18-14)8-12-6-4-3-5-7-12/h3-7,11,13H,8-10H2,1-2H3,(H,15,16). The van der Waals surface area contributed by atoms with E-state index in [1.165, 1.54) is 5.56 Å². The molecule has 0 spiro atoms. The van der Waals surface area contributed by atoms with Gasteiger partial charge in [0.1, 0.15) is 0 Å². The third-order valence-corrected chi connectivity index (χ3v) is 3.86. The van der Waals surface area contributed by atoms with Crippen LogP contribution in [0, 0.1) is 0 Å². The summed E-state index contributed by atoms with van der Waals surface area (Å²) in [5.74, 6) is 1.07. The summed E-state index contributed by atoms with van der Waals surface area (Å²) < 4.78 is 5.11. The normalized spacial score (nSPS) is 20.6. The molecule has 0 aliphatic carbocycles. The van der Waals surface area contributed by atoms with Gasteiger partial charge in [0.05, 0.1) is 12.6 Å². The molecule has 0 bridgehead atoms. The van der Waals surface area contributed by atoms with Crippen LogP contribution in [0.5, 0.6) is 0 Å². The van der Waals surface area contributed by atoms with Gasteiger partial charge in [0.15, 0.2) is 5.17 Å². The van der Waals surface area contributed by atoms with Crippen LogP contribution in [-0.4, -0.2) is 36.7 Å². The largest absolute Gasteiger partial charge is 0.383 e. The van der Waals surface area contributed by atoms with Crippen molar-refractivity contribution in [2.24, 2.45) is 4.99 Å². The van der Waals surface area contributed by atoms with Gasteiger partial charge in [-0.1, -0.05) is 42.1 Å². The first kappa shape index (κ1) is 13.4. The molecule has 0 saturated carbocycles. The third kappa shape index (κ3) is 4.03. The van der Waals surface area contributed by atoms with Crippen LogP contribution in [0.4, 0.5) is 0 Å². The maximum atomic E-state index is 5.11. The first-order chi connectivity index (χ1) is 8.78. The van der Waals surface area contributed by atoms with E-state index < -0.39 is 0 Å². The van der Waals surface area contributed by atoms with Crippen LogP contribution in [-0.2, 0) is 11.2 Å². The van der Waals surface area contributed by atoms with Crippen LogP contribution in [0.3, 0.4) is 0 Å². The highest BCUT2D eigenvalue weighted by molar-refractivity contribution is 8.14. The van der Waals surface area contributed by atoms with Gasteiger partial charge >= 0.3 is 0 Å². The summed E-state index contributed by atoms with van der Waals surface area (Å²) >= 11 is 1.81. The van der Waals surface area contributed by atoms with Crippen molar-refractivity contribution in [3.63, 3.8) is 0 Å². The minimum absolute atomic E-state index is 0.316. The molecule has 1 aromatic rings. The molecule has 1 aromatic carbocycles. The molecule has 98 valence electrons. The molecule has 1 N–H and O–H groups in total. The van der Waals surface area contributed by atoms with Crippen molar-refractivity contribution in [3.8, 4) is 0 Å². The highest BCUT2D eigenvalue weighted by atomic mass is 32.2. The van der Waals surface area contributed by atoms with Gasteiger partial charge in [-0.05, 0) is 18.9 Å². The second kappa shape index (κ2) is 6.81. The van der Waals surface area contributed by atoms with Crippen molar-refractivity contribution in [3.05, 3.63) is 35.9 Å². The maximum absolute atomic E-state index is 5.11. The second-order valence-corrected chi connectivity index (χ2v) is 5.60. The molecular weight excluding hydrogens is 244 g/mol. The van der Waals surface area contributed by atoms with Crippen molar-refractivity contribution in [1.82, 2.24) is 5.32 Å². The van der Waals surface area contributed by atoms with E-state index in [4.69, 9.17) is 9.73 Å². The zero-order valence-corrected chi connectivity index (χ0v) is 11.7. The summed E-state index contributed by atoms with van der Waals surface area (Å²) in [6, 6.07) is 11.3. The summed E-state index contributed by atoms with van der Waals surface area (Å²) in [6.07, 6.45) is 1.03. The predicted octanol–water partition coefficient (Wildman–Crippen LogP) is 2.33. The van der Waals surface area contributed by atoms with Crippen LogP contribution < -0.4 is 5.32 Å². The summed E-state index contributed by atoms with van der Waals surface area (Å²) in [5, 5.41) is 4.44. The van der Waals surface area contributed by atoms with Crippen molar-refractivity contribution in [1.29, 1.82) is 0 Å². The van der Waals surface area contributed by atoms with E-state index in [0.717, 1.165) is 17.3 Å². The van der Waals surface area contributed by atoms with E-state index in [9.17, 15) is 0 Å². The number of rotatable bonds is 5. The first-order valence-electron chi connectivity index (χ1n) is 6.28. The predicted molar refractivity (Wildman–Crippen MR) is 78.3 cm³/mol. The van der Waals surface area contributed by atoms with Crippen molar-refractivity contribution >= 4 is 16.9 Å². The fourth-order valence-electron chi connectivity index (χ4n) is 1.99. The zero-order valence-electron chi connectivity index (χ0n) is 10.9. The fraction of sp³-hybridized carbons (Fsp3) is 0.500. The van der Waals surface area contributed by atoms with E-state index in [0.29, 0.717) is 18.7 Å². The highest BCUT2D eigenvalue weighted by Crippen LogP contribution is 2.20. The number of aliphatic imine (C=N–C) groups is 1. The van der Waals surface area contributed by atoms with Crippen LogP contribution in [0.2, 0.25) is 0 Å². The Kier molecular flexibility index (Phi) is 5.08. The van der Waals surface area contributed by atoms with E-state index in [-0.39, 0.29) is 0 Å². The Morgan fingerprint density at radius 2 is 2.22 bits per heavy atom. The molecular formula is C14H20N2OS. The van der Waals surface area contributed by atoms with E-state index in [1.807, 2.05) is 11.8 Å². The number of nitrogens with one attached hydrogen (secondary N) is 1. The minimum Gasteiger partial charge on any atom is -0.383 e. The zero-order chi connectivity index (χ0) is 12.8. The van der Waals surface area contributed by atoms with Crippen LogP contribution in [0.25, 0.3) is 0 Å². The van der Waals surface area contributed by atoms with Gasteiger partial charge in [-0.25, -0.2) is 0 Å². The Balaban J connectivity index is 1.84. The van der Waals surface area contributed by atoms with Gasteiger partial charge in [0, 0.05) is 18.9 Å². The molecule has 0 amide bonds. The van der Waals surface area contributed by atoms with Gasteiger partial charge < -0.3 is 10.1 Å². The molecule has 2 rings (SSSR count). The van der Waals surface area contributed by atoms with Crippen LogP contribution >= 0.6 is 11.8 Å². The van der Waals surface area contributed by atoms with Crippen molar-refractivity contribution in [2.75, 3.05) is 19.5 Å². The topological polar surface area (TPSA) is 33.6 Å². The molecule has 4 heteroatoms. The number of amidine groups is 1. The number of ether oxygens (including phenoxy) is 1. The highest BCUT2D eigenvalue weighted by Gasteiger charge is 2.19. The monoisotopic (exact) mass is 264 g/mol. The molecule has 1 heterocycles. The Morgan fingerprint density at radius 3 is 2.94 bits per heavy atom. The van der Waals surface area contributed by atoms with Gasteiger partial charge in [-0.2, -0.15) is 0 Å². The van der Waals surface area contributed by atoms with Gasteiger partial charge in [0.2, 0.25) is 0 Å². The summed E-state index contributed by atoms with van der Waals surface area (Å²) in [5.41, 5.74) is 1.36. The number of nitrogens with zero attached hydrogens (tertiary/aromatic N) is 1. The van der Waals surface area contributed by atoms with E-state index >= 15 is 0 Å². The Labute approximate surface area is 113 Å². The van der Waals surface area contributed by atoms with Gasteiger partial charge in [0.25, 0.3) is 0 Å². The average molecular weight is 264 g/mol. The quantitative estimate of drug-likeness (QED) is 0.886. The number of methoxy groups -OCH3 is 1. The Morgan fingerprint density at radius 1 is 1.44 bits per heavy atom. The number of benzene rings is 1. The summed E-state index contributed by atoms with van der Waals surface area (Å²) in [4.78, 5) is 4.72. The molecule has 1 aliphatic rings. The first-order valence-corrected chi connectivity index (χ1v) is 7.26. The van der Waals surface area contributed by atoms with Crippen molar-refractivity contribution in [2.45, 2.75) is 25.4 Å². The average Bonchev–Trinajstić information content (AvgIpc) is 2.78. The van der Waals surface area contributed by atoms with Gasteiger partial charge in [-0.15, -0.1) is 0 Å². The molecule has 0 radical (unpaired) electrons. The number of thioether (sulfide) groups is 1. The summed E-state index contributed by atoms with van der Waals surface area (Å²) in [7, 11) is 1.72. The van der Waals surface area contributed by atoms with Crippen LogP contribution in [0.1, 0.15) is 12.5 Å². The Bertz CT molecular complexity index is 394. The lowest BCUT2D eigenvalue weighted by molar-refractivity contribution is 0.179. The molecule has 0 aromatic heterocycles. The third-order valence-electron chi connectivity index (χ3n) is 2.81. The minimum atomic E-state index is 0.316. The molecule has 2 unspecified atom stereocenters. The fourth-order valence-corrected chi connectivity index (χ4v) is 3.04. The molecule has 0 fully saturated rings. The molecule has 0 saturated heterocycles. The second-order valence-electron chi connectivity index (χ2n) is 4.59. The molecule has 3 nitrogen and oxygen atoms in total. The molecule has 1 aliphatic heterocycles. The number of hydrogen-bond acceptors (Lipinski definition) is 4. The smallest absolute Gasteiger partial charge is 0.157 e. The SMILES string of the molecule is COCC(C)NC1=NC(Cc2ccccc2)CS1. The van der Waals surface area contributed by atoms with Gasteiger partial charge in [-0.3, -0.25) is 4.99 Å². The summed E-state index contributed by atoms with van der Waals surface area (Å²) in [6.45, 7) is 2.82. The van der Waals surface area contributed by atoms with E-state index in [2.05, 4.69) is 42.6 Å². The molecule has 18 heavy (non-hydrogen) atoms. The van der Waals surface area contributed by atoms with E-state index in [1.54, 1.807) is 7.11 Å². The molecule has 2 atom stereocenters. The lowest BCUT2D eigenvalue weighted by Gasteiger charge is -2.12.